The first kappa shape index (κ1) is 20.6. The summed E-state index contributed by atoms with van der Waals surface area (Å²) >= 11 is 0. The minimum atomic E-state index is -5.51. The molecule has 1 aromatic heterocycles. The van der Waals surface area contributed by atoms with E-state index in [1.54, 1.807) is 10.6 Å². The quantitative estimate of drug-likeness (QED) is 0.232. The zero-order valence-electron chi connectivity index (χ0n) is 17.6. The maximum absolute atomic E-state index is 14.8. The van der Waals surface area contributed by atoms with Gasteiger partial charge in [-0.15, -0.1) is 0 Å². The Hall–Kier alpha value is -2.31. The van der Waals surface area contributed by atoms with Gasteiger partial charge in [-0.25, -0.2) is 0 Å². The highest BCUT2D eigenvalue weighted by Crippen LogP contribution is 2.64. The molecule has 31 heavy (non-hydrogen) atoms. The molecule has 0 saturated carbocycles. The summed E-state index contributed by atoms with van der Waals surface area (Å²) < 4.78 is 89.5. The van der Waals surface area contributed by atoms with Crippen molar-refractivity contribution in [1.82, 2.24) is 0 Å². The van der Waals surface area contributed by atoms with Gasteiger partial charge in [0.1, 0.15) is 5.56 Å². The van der Waals surface area contributed by atoms with Crippen molar-refractivity contribution in [3.63, 3.8) is 0 Å². The van der Waals surface area contributed by atoms with Crippen LogP contribution in [0.15, 0.2) is 36.5 Å². The zero-order valence-corrected chi connectivity index (χ0v) is 17.6. The van der Waals surface area contributed by atoms with E-state index in [2.05, 4.69) is 0 Å². The summed E-state index contributed by atoms with van der Waals surface area (Å²) in [6, 6.07) is 8.47. The van der Waals surface area contributed by atoms with E-state index >= 15 is 0 Å². The van der Waals surface area contributed by atoms with Crippen LogP contribution in [0.25, 0.3) is 21.7 Å². The van der Waals surface area contributed by atoms with Crippen LogP contribution in [-0.4, -0.2) is 5.92 Å². The normalized spacial score (nSPS) is 29.6. The first-order valence-corrected chi connectivity index (χ1v) is 10.4. The van der Waals surface area contributed by atoms with Gasteiger partial charge in [0.15, 0.2) is 11.7 Å². The third kappa shape index (κ3) is 1.91. The van der Waals surface area contributed by atoms with E-state index in [1.165, 1.54) is 6.07 Å². The van der Waals surface area contributed by atoms with Gasteiger partial charge in [-0.05, 0) is 30.4 Å². The van der Waals surface area contributed by atoms with Crippen LogP contribution in [0, 0.1) is 0 Å². The molecule has 0 bridgehead atoms. The second kappa shape index (κ2) is 5.54. The number of benzene rings is 2. The van der Waals surface area contributed by atoms with Gasteiger partial charge >= 0.3 is 17.8 Å². The molecule has 0 N–H and O–H groups in total. The average molecular weight is 438 g/mol. The Labute approximate surface area is 175 Å². The monoisotopic (exact) mass is 438 g/mol. The molecule has 2 aromatic carbocycles. The number of hydrogen-bond donors (Lipinski definition) is 0. The molecule has 1 aliphatic heterocycles. The van der Waals surface area contributed by atoms with E-state index in [4.69, 9.17) is 0 Å². The number of nitrogens with zero attached hydrogens (tertiary/aromatic N) is 1. The van der Waals surface area contributed by atoms with Crippen molar-refractivity contribution < 1.29 is 30.9 Å². The highest BCUT2D eigenvalue weighted by Gasteiger charge is 2.81. The largest absolute Gasteiger partial charge is 0.380 e. The minimum absolute atomic E-state index is 0.239. The van der Waals surface area contributed by atoms with E-state index in [9.17, 15) is 26.3 Å². The Bertz CT molecular complexity index is 1280. The molecule has 1 nitrogen and oxygen atoms in total. The zero-order chi connectivity index (χ0) is 22.8. The Kier molecular flexibility index (Phi) is 3.68. The SMILES string of the molecule is CCC1(C)c2cccc3ccc4c5c(c[n+](c4c23)C1(C)CC)C(F)(F)C(F)(F)C5(F)F. The van der Waals surface area contributed by atoms with Crippen LogP contribution in [-0.2, 0) is 22.8 Å². The van der Waals surface area contributed by atoms with Crippen LogP contribution in [0.2, 0.25) is 0 Å². The van der Waals surface area contributed by atoms with Crippen molar-refractivity contribution in [3.05, 3.63) is 53.2 Å². The number of pyridine rings is 1. The molecule has 2 atom stereocenters. The average Bonchev–Trinajstić information content (AvgIpc) is 2.84. The van der Waals surface area contributed by atoms with E-state index in [-0.39, 0.29) is 5.39 Å². The Morgan fingerprint density at radius 2 is 1.48 bits per heavy atom. The van der Waals surface area contributed by atoms with Crippen molar-refractivity contribution in [2.75, 3.05) is 0 Å². The molecule has 0 spiro atoms. The molecule has 5 rings (SSSR count). The number of hydrogen-bond acceptors (Lipinski definition) is 0. The molecule has 0 radical (unpaired) electrons. The summed E-state index contributed by atoms with van der Waals surface area (Å²) in [4.78, 5) is 0. The number of aromatic nitrogens is 1. The molecular weight excluding hydrogens is 416 g/mol. The lowest BCUT2D eigenvalue weighted by Crippen LogP contribution is -2.66. The Morgan fingerprint density at radius 1 is 0.806 bits per heavy atom. The minimum Gasteiger partial charge on any atom is -0.194 e. The molecule has 2 heterocycles. The molecule has 1 aliphatic carbocycles. The molecule has 0 saturated heterocycles. The van der Waals surface area contributed by atoms with Gasteiger partial charge in [0.2, 0.25) is 5.52 Å². The van der Waals surface area contributed by atoms with Gasteiger partial charge in [-0.2, -0.15) is 30.9 Å². The maximum atomic E-state index is 14.8. The molecule has 2 unspecified atom stereocenters. The summed E-state index contributed by atoms with van der Waals surface area (Å²) in [5.41, 5.74) is -2.63. The third-order valence-electron chi connectivity index (χ3n) is 8.21. The van der Waals surface area contributed by atoms with E-state index < -0.39 is 39.8 Å². The van der Waals surface area contributed by atoms with Crippen molar-refractivity contribution in [2.45, 2.75) is 69.3 Å². The molecule has 3 aromatic rings. The first-order chi connectivity index (χ1) is 14.3. The summed E-state index contributed by atoms with van der Waals surface area (Å²) in [7, 11) is 0. The second-order valence-corrected chi connectivity index (χ2v) is 9.19. The lowest BCUT2D eigenvalue weighted by atomic mass is 9.61. The van der Waals surface area contributed by atoms with Crippen LogP contribution in [0.4, 0.5) is 26.3 Å². The van der Waals surface area contributed by atoms with Crippen LogP contribution in [0.1, 0.15) is 57.2 Å². The van der Waals surface area contributed by atoms with Crippen molar-refractivity contribution in [3.8, 4) is 0 Å². The van der Waals surface area contributed by atoms with Crippen molar-refractivity contribution >= 4 is 21.7 Å². The number of fused-ring (bicyclic) bond motifs is 2. The fourth-order valence-electron chi connectivity index (χ4n) is 5.85. The molecule has 7 heteroatoms. The van der Waals surface area contributed by atoms with E-state index in [1.807, 2.05) is 45.9 Å². The van der Waals surface area contributed by atoms with Gasteiger partial charge in [0.05, 0.1) is 21.8 Å². The predicted molar refractivity (Wildman–Crippen MR) is 106 cm³/mol. The van der Waals surface area contributed by atoms with Gasteiger partial charge in [-0.1, -0.05) is 38.1 Å². The Balaban J connectivity index is 2.11. The van der Waals surface area contributed by atoms with Crippen LogP contribution in [0.5, 0.6) is 0 Å². The van der Waals surface area contributed by atoms with Gasteiger partial charge < -0.3 is 0 Å². The van der Waals surface area contributed by atoms with Gasteiger partial charge in [0.25, 0.3) is 0 Å². The third-order valence-corrected chi connectivity index (χ3v) is 8.21. The van der Waals surface area contributed by atoms with Crippen LogP contribution >= 0.6 is 0 Å². The summed E-state index contributed by atoms with van der Waals surface area (Å²) in [6.07, 6.45) is 2.03. The van der Waals surface area contributed by atoms with E-state index in [0.29, 0.717) is 23.7 Å². The number of alkyl halides is 6. The molecule has 0 fully saturated rings. The summed E-state index contributed by atoms with van der Waals surface area (Å²) in [5, 5.41) is 1.18. The fraction of sp³-hybridized carbons (Fsp3) is 0.458. The molecule has 0 amide bonds. The van der Waals surface area contributed by atoms with Gasteiger partial charge in [-0.3, -0.25) is 0 Å². The van der Waals surface area contributed by atoms with E-state index in [0.717, 1.165) is 17.1 Å². The fourth-order valence-corrected chi connectivity index (χ4v) is 5.85. The highest BCUT2D eigenvalue weighted by molar-refractivity contribution is 6.08. The highest BCUT2D eigenvalue weighted by atomic mass is 19.3. The summed E-state index contributed by atoms with van der Waals surface area (Å²) in [5.74, 6) is -15.5. The second-order valence-electron chi connectivity index (χ2n) is 9.19. The van der Waals surface area contributed by atoms with Crippen LogP contribution < -0.4 is 4.57 Å². The standard InChI is InChI=1S/C24H22F6N/c1-5-20(3)15-9-7-8-13-10-11-14-18-16(22(25,26)24(29,30)23(18,27)28)12-31(19(14)17(13)15)21(20,4)6-2/h7-12H,5-6H2,1-4H3/q+1. The topological polar surface area (TPSA) is 3.88 Å². The number of halogens is 6. The first-order valence-electron chi connectivity index (χ1n) is 10.4. The van der Waals surface area contributed by atoms with Crippen molar-refractivity contribution in [2.24, 2.45) is 0 Å². The predicted octanol–water partition coefficient (Wildman–Crippen LogP) is 6.92. The maximum Gasteiger partial charge on any atom is 0.380 e. The van der Waals surface area contributed by atoms with Gasteiger partial charge in [0, 0.05) is 13.3 Å². The van der Waals surface area contributed by atoms with Crippen LogP contribution in [0.3, 0.4) is 0 Å². The lowest BCUT2D eigenvalue weighted by molar-refractivity contribution is -0.751. The summed E-state index contributed by atoms with van der Waals surface area (Å²) in [6.45, 7) is 7.80. The number of rotatable bonds is 2. The Morgan fingerprint density at radius 3 is 2.10 bits per heavy atom. The smallest absolute Gasteiger partial charge is 0.194 e. The van der Waals surface area contributed by atoms with Crippen molar-refractivity contribution in [1.29, 1.82) is 0 Å². The molecule has 2 aliphatic rings. The molecular formula is C24H22F6N+. The lowest BCUT2D eigenvalue weighted by Gasteiger charge is -2.45. The molecule has 164 valence electrons.